The summed E-state index contributed by atoms with van der Waals surface area (Å²) in [6.07, 6.45) is 0. The number of rotatable bonds is 3. The van der Waals surface area contributed by atoms with Crippen LogP contribution in [0.3, 0.4) is 0 Å². The van der Waals surface area contributed by atoms with Crippen molar-refractivity contribution in [3.8, 4) is 33.4 Å². The lowest BCUT2D eigenvalue weighted by molar-refractivity contribution is 0.669. The number of benzene rings is 9. The third-order valence-corrected chi connectivity index (χ3v) is 7.76. The second kappa shape index (κ2) is 10.2. The summed E-state index contributed by atoms with van der Waals surface area (Å²) in [5, 5.41) is -6.27. The highest BCUT2D eigenvalue weighted by molar-refractivity contribution is 6.24. The van der Waals surface area contributed by atoms with Crippen molar-refractivity contribution in [2.75, 3.05) is 0 Å². The molecule has 1 heteroatoms. The molecule has 1 heterocycles. The van der Waals surface area contributed by atoms with E-state index in [0.717, 1.165) is 0 Å². The second-order valence-corrected chi connectivity index (χ2v) is 10.3. The molecule has 218 valence electrons. The van der Waals surface area contributed by atoms with Gasteiger partial charge in [0.15, 0.2) is 0 Å². The van der Waals surface area contributed by atoms with Gasteiger partial charge in [-0.2, -0.15) is 0 Å². The minimum atomic E-state index is -1.10. The van der Waals surface area contributed by atoms with Crippen molar-refractivity contribution >= 4 is 65.0 Å². The lowest BCUT2D eigenvalue weighted by atomic mass is 9.85. The van der Waals surface area contributed by atoms with Crippen LogP contribution in [0.1, 0.15) is 38.4 Å². The van der Waals surface area contributed by atoms with Crippen molar-refractivity contribution in [3.63, 3.8) is 0 Å². The molecule has 0 aliphatic heterocycles. The molecule has 0 unspecified atom stereocenters. The Hall–Kier alpha value is -6.18. The lowest BCUT2D eigenvalue weighted by Gasteiger charge is -2.18. The quantitative estimate of drug-likeness (QED) is 0.178. The van der Waals surface area contributed by atoms with Crippen molar-refractivity contribution in [2.24, 2.45) is 0 Å². The molecule has 0 N–H and O–H groups in total. The number of fused-ring (bicyclic) bond motifs is 8. The molecule has 0 fully saturated rings. The van der Waals surface area contributed by atoms with Crippen LogP contribution in [0.5, 0.6) is 0 Å². The lowest BCUT2D eigenvalue weighted by Crippen LogP contribution is -1.91. The van der Waals surface area contributed by atoms with Gasteiger partial charge in [-0.25, -0.2) is 0 Å². The zero-order valence-corrected chi connectivity index (χ0v) is 23.4. The van der Waals surface area contributed by atoms with E-state index in [-0.39, 0.29) is 0 Å². The Kier molecular flexibility index (Phi) is 2.31. The molecule has 0 amide bonds. The van der Waals surface area contributed by atoms with E-state index in [4.69, 9.17) is 27.7 Å². The van der Waals surface area contributed by atoms with Crippen LogP contribution in [0.15, 0.2) is 174 Å². The van der Waals surface area contributed by atoms with Gasteiger partial charge in [0.05, 0.1) is 38.4 Å². The number of furan rings is 1. The Morgan fingerprint density at radius 1 is 0.340 bits per heavy atom. The van der Waals surface area contributed by atoms with Crippen LogP contribution < -0.4 is 0 Å². The van der Waals surface area contributed by atoms with Gasteiger partial charge in [-0.3, -0.25) is 0 Å². The molecule has 0 bridgehead atoms. The SMILES string of the molecule is [2H]c1c([2H])c(-c2c3c([2H])c([2H])c([2H])c([2H])c3c(-c3c([2H])c([2H])c4c([2H])c([2H])c([2H])c([2H])c4c3[2H])c3c([2H])c([2H])c([2H])c([2H])c23)c([2H])c(-c2c([2H])c([2H])c([2H])c3oc4c([2H])c([2H])c5c([2H])c([2H])c([2H])c([2H])c5c4c23)c1[2H]. The first kappa shape index (κ1) is 10.7. The summed E-state index contributed by atoms with van der Waals surface area (Å²) in [7, 11) is 0. The van der Waals surface area contributed by atoms with Crippen LogP contribution in [-0.2, 0) is 0 Å². The molecule has 0 saturated carbocycles. The molecule has 0 atom stereocenters. The summed E-state index contributed by atoms with van der Waals surface area (Å²) in [5.74, 6) is 0. The summed E-state index contributed by atoms with van der Waals surface area (Å²) in [4.78, 5) is 0. The highest BCUT2D eigenvalue weighted by atomic mass is 16.3. The van der Waals surface area contributed by atoms with Gasteiger partial charge in [-0.15, -0.1) is 0 Å². The first-order chi connectivity index (χ1) is 35.0. The number of hydrogen-bond donors (Lipinski definition) is 0. The van der Waals surface area contributed by atoms with Gasteiger partial charge in [0.1, 0.15) is 11.2 Å². The second-order valence-electron chi connectivity index (χ2n) is 10.3. The van der Waals surface area contributed by atoms with Crippen molar-refractivity contribution in [3.05, 3.63) is 169 Å². The maximum absolute atomic E-state index is 10.0. The summed E-state index contributed by atoms with van der Waals surface area (Å²) >= 11 is 0. The largest absolute Gasteiger partial charge is 0.456 e. The summed E-state index contributed by atoms with van der Waals surface area (Å²) in [6, 6.07) is -26.1. The van der Waals surface area contributed by atoms with Crippen LogP contribution in [0.4, 0.5) is 0 Å². The van der Waals surface area contributed by atoms with Crippen molar-refractivity contribution in [1.82, 2.24) is 0 Å². The Bertz CT molecular complexity index is 4360. The van der Waals surface area contributed by atoms with E-state index in [2.05, 4.69) is 0 Å². The normalized spacial score (nSPS) is 20.2. The molecule has 9 aromatic carbocycles. The highest BCUT2D eigenvalue weighted by Gasteiger charge is 2.19. The Morgan fingerprint density at radius 3 is 1.60 bits per heavy atom. The van der Waals surface area contributed by atoms with Gasteiger partial charge in [-0.05, 0) is 101 Å². The average Bonchev–Trinajstić information content (AvgIpc) is 3.77. The van der Waals surface area contributed by atoms with Gasteiger partial charge >= 0.3 is 0 Å². The third kappa shape index (κ3) is 3.97. The maximum Gasteiger partial charge on any atom is 0.136 e. The summed E-state index contributed by atoms with van der Waals surface area (Å²) in [5.41, 5.74) is -6.05. The standard InChI is InChI=1S/C46H28O/c1-2-13-31-27-34(24-23-29(31)11-1)44-39-19-7-5-17-37(39)43(38-18-6-8-20-40(38)44)33-15-9-14-32(28-33)36-21-10-22-41-46(36)45-35-16-4-3-12-30(35)25-26-42(45)47-41/h1-28H/i1D,2D,3D,4D,5D,6D,7D,8D,9D,10D,11D,12D,13D,14D,15D,16D,17D,18D,19D,20D,21D,22D,23D,24D,25D,26D,27D,28D. The van der Waals surface area contributed by atoms with E-state index in [9.17, 15) is 15.1 Å². The predicted molar refractivity (Wildman–Crippen MR) is 200 cm³/mol. The van der Waals surface area contributed by atoms with Gasteiger partial charge < -0.3 is 4.42 Å². The van der Waals surface area contributed by atoms with Gasteiger partial charge in [0.2, 0.25) is 0 Å². The molecule has 1 aromatic heterocycles. The zero-order valence-electron chi connectivity index (χ0n) is 51.4. The predicted octanol–water partition coefficient (Wildman–Crippen LogP) is 13.2. The van der Waals surface area contributed by atoms with Gasteiger partial charge in [0.25, 0.3) is 0 Å². The zero-order chi connectivity index (χ0) is 55.3. The highest BCUT2D eigenvalue weighted by Crippen LogP contribution is 2.46. The molecule has 10 rings (SSSR count). The summed E-state index contributed by atoms with van der Waals surface area (Å²) in [6.45, 7) is 0. The van der Waals surface area contributed by atoms with Crippen LogP contribution in [0.25, 0.3) is 98.4 Å². The molecule has 0 saturated heterocycles. The van der Waals surface area contributed by atoms with Crippen molar-refractivity contribution in [1.29, 1.82) is 0 Å². The van der Waals surface area contributed by atoms with E-state index < -0.39 is 268 Å². The Balaban J connectivity index is 1.51. The molecule has 0 aliphatic carbocycles. The van der Waals surface area contributed by atoms with Crippen LogP contribution in [0, 0.1) is 0 Å². The molecule has 0 aliphatic rings. The summed E-state index contributed by atoms with van der Waals surface area (Å²) < 4.78 is 259. The molecule has 1 nitrogen and oxygen atoms in total. The van der Waals surface area contributed by atoms with Crippen LogP contribution in [-0.4, -0.2) is 0 Å². The van der Waals surface area contributed by atoms with Crippen molar-refractivity contribution in [2.45, 2.75) is 0 Å². The van der Waals surface area contributed by atoms with Crippen LogP contribution in [0.2, 0.25) is 0 Å². The molecule has 10 aromatic rings. The molecule has 0 spiro atoms. The molecular weight excluding hydrogens is 569 g/mol. The number of hydrogen-bond acceptors (Lipinski definition) is 1. The smallest absolute Gasteiger partial charge is 0.136 e. The van der Waals surface area contributed by atoms with Gasteiger partial charge in [-0.1, -0.05) is 145 Å². The topological polar surface area (TPSA) is 13.1 Å². The first-order valence-electron chi connectivity index (χ1n) is 27.9. The first-order valence-corrected chi connectivity index (χ1v) is 13.9. The third-order valence-electron chi connectivity index (χ3n) is 7.76. The minimum Gasteiger partial charge on any atom is -0.456 e. The van der Waals surface area contributed by atoms with E-state index in [1.54, 1.807) is 0 Å². The van der Waals surface area contributed by atoms with E-state index >= 15 is 0 Å². The van der Waals surface area contributed by atoms with E-state index in [1.165, 1.54) is 0 Å². The van der Waals surface area contributed by atoms with E-state index in [1.807, 2.05) is 0 Å². The van der Waals surface area contributed by atoms with Crippen molar-refractivity contribution < 1.29 is 42.8 Å². The maximum atomic E-state index is 10.0. The molecule has 47 heavy (non-hydrogen) atoms. The monoisotopic (exact) mass is 624 g/mol. The van der Waals surface area contributed by atoms with Crippen LogP contribution >= 0.6 is 0 Å². The molecular formula is C46H28O. The minimum absolute atomic E-state index is 0.443. The fourth-order valence-corrected chi connectivity index (χ4v) is 5.82. The van der Waals surface area contributed by atoms with E-state index in [0.29, 0.717) is 0 Å². The Morgan fingerprint density at radius 2 is 0.872 bits per heavy atom. The fraction of sp³-hybridized carbons (Fsp3) is 0. The van der Waals surface area contributed by atoms with Gasteiger partial charge in [0, 0.05) is 10.8 Å². The molecule has 0 radical (unpaired) electrons. The Labute approximate surface area is 311 Å². The average molecular weight is 625 g/mol. The fourth-order valence-electron chi connectivity index (χ4n) is 5.82.